The van der Waals surface area contributed by atoms with Gasteiger partial charge in [0.15, 0.2) is 0 Å². The Hall–Kier alpha value is -2.30. The van der Waals surface area contributed by atoms with Crippen molar-refractivity contribution in [2.24, 2.45) is 5.92 Å². The zero-order valence-electron chi connectivity index (χ0n) is 12.1. The van der Waals surface area contributed by atoms with Gasteiger partial charge in [-0.05, 0) is 23.9 Å². The first kappa shape index (κ1) is 15.1. The van der Waals surface area contributed by atoms with Crippen LogP contribution in [0.4, 0.5) is 0 Å². The van der Waals surface area contributed by atoms with Gasteiger partial charge < -0.3 is 15.0 Å². The molecule has 0 aliphatic rings. The Bertz CT molecular complexity index is 633. The third-order valence-corrected chi connectivity index (χ3v) is 3.53. The van der Waals surface area contributed by atoms with Crippen LogP contribution in [-0.2, 0) is 16.1 Å². The van der Waals surface area contributed by atoms with Gasteiger partial charge in [0.05, 0.1) is 5.92 Å². The number of nitrogens with zero attached hydrogens (tertiary/aromatic N) is 1. The number of carbonyl (C=O) groups excluding carboxylic acids is 1. The number of hydrogen-bond donors (Lipinski definition) is 2. The van der Waals surface area contributed by atoms with Crippen molar-refractivity contribution in [3.63, 3.8) is 0 Å². The molecule has 21 heavy (non-hydrogen) atoms. The summed E-state index contributed by atoms with van der Waals surface area (Å²) in [6.07, 6.45) is 3.22. The first-order valence-corrected chi connectivity index (χ1v) is 7.15. The molecule has 0 saturated carbocycles. The van der Waals surface area contributed by atoms with Crippen LogP contribution < -0.4 is 5.32 Å². The fraction of sp³-hybridized carbons (Fsp3) is 0.375. The average Bonchev–Trinajstić information content (AvgIpc) is 2.86. The van der Waals surface area contributed by atoms with Gasteiger partial charge in [-0.25, -0.2) is 0 Å². The van der Waals surface area contributed by atoms with Crippen LogP contribution in [0, 0.1) is 5.92 Å². The first-order valence-electron chi connectivity index (χ1n) is 7.15. The van der Waals surface area contributed by atoms with E-state index in [2.05, 4.69) is 5.32 Å². The molecule has 1 atom stereocenters. The van der Waals surface area contributed by atoms with Crippen LogP contribution in [0.25, 0.3) is 10.9 Å². The number of para-hydroxylation sites is 1. The summed E-state index contributed by atoms with van der Waals surface area (Å²) in [5, 5.41) is 12.9. The highest BCUT2D eigenvalue weighted by Crippen LogP contribution is 2.14. The van der Waals surface area contributed by atoms with Gasteiger partial charge in [0.1, 0.15) is 6.54 Å². The summed E-state index contributed by atoms with van der Waals surface area (Å²) in [7, 11) is 0. The summed E-state index contributed by atoms with van der Waals surface area (Å²) >= 11 is 0. The van der Waals surface area contributed by atoms with E-state index in [0.717, 1.165) is 17.3 Å². The molecule has 0 saturated heterocycles. The van der Waals surface area contributed by atoms with E-state index in [9.17, 15) is 9.59 Å². The SMILES string of the molecule is CCCC(CNC(=O)Cn1ccc2ccccc21)C(=O)O. The molecule has 2 aromatic rings. The predicted molar refractivity (Wildman–Crippen MR) is 81.0 cm³/mol. The number of rotatable bonds is 7. The van der Waals surface area contributed by atoms with E-state index in [1.54, 1.807) is 0 Å². The molecule has 0 bridgehead atoms. The number of benzene rings is 1. The average molecular weight is 288 g/mol. The molecule has 1 amide bonds. The molecule has 0 radical (unpaired) electrons. The zero-order valence-corrected chi connectivity index (χ0v) is 12.1. The van der Waals surface area contributed by atoms with E-state index in [1.807, 2.05) is 48.0 Å². The standard InChI is InChI=1S/C16H20N2O3/c1-2-5-13(16(20)21)10-17-15(19)11-18-9-8-12-6-3-4-7-14(12)18/h3-4,6-9,13H,2,5,10-11H2,1H3,(H,17,19)(H,20,21). The monoisotopic (exact) mass is 288 g/mol. The summed E-state index contributed by atoms with van der Waals surface area (Å²) in [5.74, 6) is -1.54. The van der Waals surface area contributed by atoms with Crippen LogP contribution in [0.3, 0.4) is 0 Å². The molecule has 2 rings (SSSR count). The minimum Gasteiger partial charge on any atom is -0.481 e. The smallest absolute Gasteiger partial charge is 0.308 e. The maximum atomic E-state index is 12.0. The number of hydrogen-bond acceptors (Lipinski definition) is 2. The summed E-state index contributed by atoms with van der Waals surface area (Å²) in [5.41, 5.74) is 0.996. The molecule has 5 heteroatoms. The Labute approximate surface area is 123 Å². The minimum atomic E-state index is -0.858. The topological polar surface area (TPSA) is 71.3 Å². The molecule has 1 aromatic heterocycles. The van der Waals surface area contributed by atoms with Crippen molar-refractivity contribution in [1.29, 1.82) is 0 Å². The Morgan fingerprint density at radius 3 is 2.76 bits per heavy atom. The second-order valence-electron chi connectivity index (χ2n) is 5.13. The fourth-order valence-corrected chi connectivity index (χ4v) is 2.39. The Kier molecular flexibility index (Phi) is 4.98. The number of amides is 1. The number of carboxylic acids is 1. The van der Waals surface area contributed by atoms with Crippen molar-refractivity contribution in [2.75, 3.05) is 6.54 Å². The number of aliphatic carboxylic acids is 1. The van der Waals surface area contributed by atoms with E-state index in [4.69, 9.17) is 5.11 Å². The second-order valence-corrected chi connectivity index (χ2v) is 5.13. The zero-order chi connectivity index (χ0) is 15.2. The molecule has 0 spiro atoms. The second kappa shape index (κ2) is 6.92. The van der Waals surface area contributed by atoms with E-state index < -0.39 is 11.9 Å². The highest BCUT2D eigenvalue weighted by molar-refractivity contribution is 5.83. The van der Waals surface area contributed by atoms with Crippen molar-refractivity contribution in [2.45, 2.75) is 26.3 Å². The molecule has 5 nitrogen and oxygen atoms in total. The lowest BCUT2D eigenvalue weighted by atomic mass is 10.0. The van der Waals surface area contributed by atoms with Crippen LogP contribution in [0.2, 0.25) is 0 Å². The van der Waals surface area contributed by atoms with Crippen molar-refractivity contribution < 1.29 is 14.7 Å². The Balaban J connectivity index is 1.94. The number of carboxylic acid groups (broad SMARTS) is 1. The van der Waals surface area contributed by atoms with Crippen molar-refractivity contribution in [3.05, 3.63) is 36.5 Å². The number of fused-ring (bicyclic) bond motifs is 1. The van der Waals surface area contributed by atoms with Gasteiger partial charge in [-0.15, -0.1) is 0 Å². The number of carbonyl (C=O) groups is 2. The van der Waals surface area contributed by atoms with Crippen molar-refractivity contribution >= 4 is 22.8 Å². The third-order valence-electron chi connectivity index (χ3n) is 3.53. The predicted octanol–water partition coefficient (Wildman–Crippen LogP) is 2.26. The third kappa shape index (κ3) is 3.84. The van der Waals surface area contributed by atoms with Crippen molar-refractivity contribution in [3.8, 4) is 0 Å². The summed E-state index contributed by atoms with van der Waals surface area (Å²) < 4.78 is 1.86. The number of nitrogens with one attached hydrogen (secondary N) is 1. The molecule has 1 aromatic carbocycles. The maximum Gasteiger partial charge on any atom is 0.308 e. The van der Waals surface area contributed by atoms with Gasteiger partial charge >= 0.3 is 5.97 Å². The highest BCUT2D eigenvalue weighted by atomic mass is 16.4. The van der Waals surface area contributed by atoms with Crippen molar-refractivity contribution in [1.82, 2.24) is 9.88 Å². The van der Waals surface area contributed by atoms with E-state index in [-0.39, 0.29) is 19.0 Å². The molecule has 0 aliphatic carbocycles. The molecule has 1 heterocycles. The molecular formula is C16H20N2O3. The largest absolute Gasteiger partial charge is 0.481 e. The lowest BCUT2D eigenvalue weighted by Crippen LogP contribution is -2.34. The van der Waals surface area contributed by atoms with Gasteiger partial charge in [-0.2, -0.15) is 0 Å². The first-order chi connectivity index (χ1) is 10.1. The van der Waals surface area contributed by atoms with Gasteiger partial charge in [0.2, 0.25) is 5.91 Å². The maximum absolute atomic E-state index is 12.0. The summed E-state index contributed by atoms with van der Waals surface area (Å²) in [6.45, 7) is 2.32. The lowest BCUT2D eigenvalue weighted by molar-refractivity contribution is -0.141. The Morgan fingerprint density at radius 2 is 2.05 bits per heavy atom. The normalized spacial score (nSPS) is 12.2. The molecule has 2 N–H and O–H groups in total. The van der Waals surface area contributed by atoms with Gasteiger partial charge in [-0.3, -0.25) is 9.59 Å². The quantitative estimate of drug-likeness (QED) is 0.821. The van der Waals surface area contributed by atoms with Crippen LogP contribution in [0.5, 0.6) is 0 Å². The van der Waals surface area contributed by atoms with Crippen LogP contribution >= 0.6 is 0 Å². The van der Waals surface area contributed by atoms with Crippen LogP contribution in [0.15, 0.2) is 36.5 Å². The van der Waals surface area contributed by atoms with Gasteiger partial charge in [-0.1, -0.05) is 31.5 Å². The van der Waals surface area contributed by atoms with E-state index in [1.165, 1.54) is 0 Å². The minimum absolute atomic E-state index is 0.168. The van der Waals surface area contributed by atoms with E-state index >= 15 is 0 Å². The fourth-order valence-electron chi connectivity index (χ4n) is 2.39. The molecule has 0 aliphatic heterocycles. The van der Waals surface area contributed by atoms with Crippen LogP contribution in [-0.4, -0.2) is 28.1 Å². The van der Waals surface area contributed by atoms with Gasteiger partial charge in [0.25, 0.3) is 0 Å². The Morgan fingerprint density at radius 1 is 1.29 bits per heavy atom. The summed E-state index contributed by atoms with van der Waals surface area (Å²) in [4.78, 5) is 23.0. The number of aromatic nitrogens is 1. The highest BCUT2D eigenvalue weighted by Gasteiger charge is 2.17. The molecule has 112 valence electrons. The van der Waals surface area contributed by atoms with Crippen LogP contribution in [0.1, 0.15) is 19.8 Å². The molecule has 1 unspecified atom stereocenters. The molecule has 0 fully saturated rings. The summed E-state index contributed by atoms with van der Waals surface area (Å²) in [6, 6.07) is 9.79. The van der Waals surface area contributed by atoms with E-state index in [0.29, 0.717) is 6.42 Å². The molecular weight excluding hydrogens is 268 g/mol. The lowest BCUT2D eigenvalue weighted by Gasteiger charge is -2.13. The van der Waals surface area contributed by atoms with Gasteiger partial charge in [0, 0.05) is 18.3 Å².